The van der Waals surface area contributed by atoms with Gasteiger partial charge in [0.2, 0.25) is 0 Å². The largest absolute Gasteiger partial charge is 0.398 e. The van der Waals surface area contributed by atoms with Crippen LogP contribution in [0, 0.1) is 6.92 Å². The number of nitrogens with zero attached hydrogens (tertiary/aromatic N) is 4. The van der Waals surface area contributed by atoms with Crippen LogP contribution in [0.5, 0.6) is 0 Å². The van der Waals surface area contributed by atoms with Crippen molar-refractivity contribution in [3.63, 3.8) is 0 Å². The van der Waals surface area contributed by atoms with Gasteiger partial charge in [-0.1, -0.05) is 17.3 Å². The standard InChI is InChI=1S/C15H15N5O/c1-9-13-14(17-8-18-15(13)21-19-9)20-6-5-11-10(7-20)3-2-4-12(11)16/h2-4,8H,5-7,16H2,1H3. The van der Waals surface area contributed by atoms with Gasteiger partial charge in [-0.25, -0.2) is 4.98 Å². The molecular formula is C15H15N5O. The average molecular weight is 281 g/mol. The third-order valence-electron chi connectivity index (χ3n) is 4.03. The van der Waals surface area contributed by atoms with E-state index in [1.54, 1.807) is 0 Å². The summed E-state index contributed by atoms with van der Waals surface area (Å²) in [6, 6.07) is 6.08. The van der Waals surface area contributed by atoms with Gasteiger partial charge in [0, 0.05) is 18.8 Å². The molecule has 0 atom stereocenters. The fraction of sp³-hybridized carbons (Fsp3) is 0.267. The number of hydrogen-bond acceptors (Lipinski definition) is 6. The number of hydrogen-bond donors (Lipinski definition) is 1. The molecule has 106 valence electrons. The SMILES string of the molecule is Cc1noc2ncnc(N3CCc4c(N)cccc4C3)c12. The molecule has 1 aromatic carbocycles. The predicted molar refractivity (Wildman–Crippen MR) is 79.9 cm³/mol. The highest BCUT2D eigenvalue weighted by Gasteiger charge is 2.22. The second-order valence-electron chi connectivity index (χ2n) is 5.30. The molecule has 21 heavy (non-hydrogen) atoms. The molecule has 4 rings (SSSR count). The molecular weight excluding hydrogens is 266 g/mol. The average Bonchev–Trinajstić information content (AvgIpc) is 2.89. The molecule has 0 amide bonds. The summed E-state index contributed by atoms with van der Waals surface area (Å²) in [5.74, 6) is 0.881. The summed E-state index contributed by atoms with van der Waals surface area (Å²) in [6.45, 7) is 3.57. The quantitative estimate of drug-likeness (QED) is 0.688. The molecule has 0 aliphatic carbocycles. The van der Waals surface area contributed by atoms with E-state index in [0.29, 0.717) is 5.71 Å². The van der Waals surface area contributed by atoms with Gasteiger partial charge in [-0.05, 0) is 30.5 Å². The third kappa shape index (κ3) is 1.83. The Bertz CT molecular complexity index is 826. The molecule has 0 fully saturated rings. The molecule has 0 saturated heterocycles. The van der Waals surface area contributed by atoms with Crippen LogP contribution in [0.3, 0.4) is 0 Å². The fourth-order valence-electron chi connectivity index (χ4n) is 2.96. The molecule has 3 heterocycles. The summed E-state index contributed by atoms with van der Waals surface area (Å²) in [4.78, 5) is 10.8. The molecule has 6 heteroatoms. The topological polar surface area (TPSA) is 81.1 Å². The Morgan fingerprint density at radius 3 is 3.10 bits per heavy atom. The molecule has 0 spiro atoms. The molecule has 2 aromatic heterocycles. The van der Waals surface area contributed by atoms with Crippen LogP contribution in [-0.2, 0) is 13.0 Å². The van der Waals surface area contributed by atoms with Gasteiger partial charge in [-0.2, -0.15) is 4.98 Å². The van der Waals surface area contributed by atoms with Crippen molar-refractivity contribution in [1.29, 1.82) is 0 Å². The number of aryl methyl sites for hydroxylation is 1. The molecule has 0 unspecified atom stereocenters. The summed E-state index contributed by atoms with van der Waals surface area (Å²) in [7, 11) is 0. The lowest BCUT2D eigenvalue weighted by Gasteiger charge is -2.30. The fourth-order valence-corrected chi connectivity index (χ4v) is 2.96. The lowest BCUT2D eigenvalue weighted by molar-refractivity contribution is 0.442. The first kappa shape index (κ1) is 12.1. The van der Waals surface area contributed by atoms with Crippen LogP contribution in [0.15, 0.2) is 29.0 Å². The molecule has 1 aliphatic heterocycles. The van der Waals surface area contributed by atoms with E-state index in [4.69, 9.17) is 10.3 Å². The number of anilines is 2. The lowest BCUT2D eigenvalue weighted by atomic mass is 9.98. The highest BCUT2D eigenvalue weighted by Crippen LogP contribution is 2.31. The van der Waals surface area contributed by atoms with Crippen LogP contribution in [0.25, 0.3) is 11.1 Å². The Labute approximate surface area is 121 Å². The van der Waals surface area contributed by atoms with E-state index in [9.17, 15) is 0 Å². The highest BCUT2D eigenvalue weighted by atomic mass is 16.5. The van der Waals surface area contributed by atoms with Crippen LogP contribution in [0.2, 0.25) is 0 Å². The zero-order chi connectivity index (χ0) is 14.4. The normalized spacial score (nSPS) is 14.4. The summed E-state index contributed by atoms with van der Waals surface area (Å²) in [5, 5.41) is 4.88. The number of aromatic nitrogens is 3. The van der Waals surface area contributed by atoms with Crippen molar-refractivity contribution in [2.45, 2.75) is 19.9 Å². The highest BCUT2D eigenvalue weighted by molar-refractivity contribution is 5.88. The molecule has 6 nitrogen and oxygen atoms in total. The van der Waals surface area contributed by atoms with Crippen LogP contribution in [0.1, 0.15) is 16.8 Å². The van der Waals surface area contributed by atoms with Gasteiger partial charge in [0.05, 0.1) is 5.69 Å². The monoisotopic (exact) mass is 281 g/mol. The van der Waals surface area contributed by atoms with Crippen LogP contribution in [0.4, 0.5) is 11.5 Å². The van der Waals surface area contributed by atoms with E-state index in [1.807, 2.05) is 19.1 Å². The second kappa shape index (κ2) is 4.44. The van der Waals surface area contributed by atoms with Crippen LogP contribution in [-0.4, -0.2) is 21.7 Å². The third-order valence-corrected chi connectivity index (χ3v) is 4.03. The minimum atomic E-state index is 0.538. The first-order valence-corrected chi connectivity index (χ1v) is 6.92. The Balaban J connectivity index is 1.79. The van der Waals surface area contributed by atoms with E-state index < -0.39 is 0 Å². The van der Waals surface area contributed by atoms with E-state index in [1.165, 1.54) is 17.5 Å². The molecule has 3 aromatic rings. The maximum Gasteiger partial charge on any atom is 0.263 e. The van der Waals surface area contributed by atoms with Gasteiger partial charge in [-0.3, -0.25) is 0 Å². The summed E-state index contributed by atoms with van der Waals surface area (Å²) < 4.78 is 5.22. The summed E-state index contributed by atoms with van der Waals surface area (Å²) >= 11 is 0. The first-order chi connectivity index (χ1) is 10.2. The van der Waals surface area contributed by atoms with Gasteiger partial charge < -0.3 is 15.2 Å². The molecule has 1 aliphatic rings. The minimum Gasteiger partial charge on any atom is -0.398 e. The molecule has 0 radical (unpaired) electrons. The Kier molecular flexibility index (Phi) is 2.57. The van der Waals surface area contributed by atoms with E-state index in [-0.39, 0.29) is 0 Å². The van der Waals surface area contributed by atoms with Crippen molar-refractivity contribution in [3.05, 3.63) is 41.3 Å². The van der Waals surface area contributed by atoms with Crippen molar-refractivity contribution >= 4 is 22.6 Å². The molecule has 2 N–H and O–H groups in total. The van der Waals surface area contributed by atoms with Gasteiger partial charge >= 0.3 is 0 Å². The number of fused-ring (bicyclic) bond motifs is 2. The van der Waals surface area contributed by atoms with Gasteiger partial charge in [-0.15, -0.1) is 0 Å². The Morgan fingerprint density at radius 2 is 2.19 bits per heavy atom. The van der Waals surface area contributed by atoms with Gasteiger partial charge in [0.25, 0.3) is 5.71 Å². The van der Waals surface area contributed by atoms with E-state index in [2.05, 4.69) is 26.1 Å². The van der Waals surface area contributed by atoms with Crippen LogP contribution >= 0.6 is 0 Å². The zero-order valence-corrected chi connectivity index (χ0v) is 11.7. The maximum atomic E-state index is 6.05. The van der Waals surface area contributed by atoms with Gasteiger partial charge in [0.1, 0.15) is 17.5 Å². The Hall–Kier alpha value is -2.63. The van der Waals surface area contributed by atoms with Crippen molar-refractivity contribution in [2.75, 3.05) is 17.2 Å². The second-order valence-corrected chi connectivity index (χ2v) is 5.30. The van der Waals surface area contributed by atoms with E-state index in [0.717, 1.165) is 42.1 Å². The number of rotatable bonds is 1. The number of benzene rings is 1. The Morgan fingerprint density at radius 1 is 1.29 bits per heavy atom. The maximum absolute atomic E-state index is 6.05. The zero-order valence-electron chi connectivity index (χ0n) is 11.7. The number of nitrogens with two attached hydrogens (primary N) is 1. The number of nitrogen functional groups attached to an aromatic ring is 1. The van der Waals surface area contributed by atoms with Crippen molar-refractivity contribution in [2.24, 2.45) is 0 Å². The van der Waals surface area contributed by atoms with Crippen LogP contribution < -0.4 is 10.6 Å². The summed E-state index contributed by atoms with van der Waals surface area (Å²) in [5.41, 5.74) is 10.8. The van der Waals surface area contributed by atoms with Crippen molar-refractivity contribution in [3.8, 4) is 0 Å². The predicted octanol–water partition coefficient (Wildman–Crippen LogP) is 2.07. The minimum absolute atomic E-state index is 0.538. The first-order valence-electron chi connectivity index (χ1n) is 6.92. The van der Waals surface area contributed by atoms with Crippen molar-refractivity contribution < 1.29 is 4.52 Å². The smallest absolute Gasteiger partial charge is 0.263 e. The molecule has 0 saturated carbocycles. The summed E-state index contributed by atoms with van der Waals surface area (Å²) in [6.07, 6.45) is 2.44. The van der Waals surface area contributed by atoms with Crippen molar-refractivity contribution in [1.82, 2.24) is 15.1 Å². The van der Waals surface area contributed by atoms with Gasteiger partial charge in [0.15, 0.2) is 0 Å². The molecule has 0 bridgehead atoms. The van der Waals surface area contributed by atoms with E-state index >= 15 is 0 Å². The lowest BCUT2D eigenvalue weighted by Crippen LogP contribution is -2.31.